The van der Waals surface area contributed by atoms with Gasteiger partial charge in [-0.25, -0.2) is 8.78 Å². The van der Waals surface area contributed by atoms with Crippen molar-refractivity contribution < 1.29 is 13.9 Å². The van der Waals surface area contributed by atoms with Crippen molar-refractivity contribution in [2.24, 2.45) is 5.73 Å². The second-order valence-electron chi connectivity index (χ2n) is 4.27. The zero-order chi connectivity index (χ0) is 13.8. The van der Waals surface area contributed by atoms with Gasteiger partial charge in [0.15, 0.2) is 0 Å². The van der Waals surface area contributed by atoms with Gasteiger partial charge in [-0.15, -0.1) is 0 Å². The quantitative estimate of drug-likeness (QED) is 0.885. The molecule has 0 bridgehead atoms. The molecule has 0 spiro atoms. The van der Waals surface area contributed by atoms with E-state index in [4.69, 9.17) is 5.73 Å². The molecule has 3 nitrogen and oxygen atoms in total. The summed E-state index contributed by atoms with van der Waals surface area (Å²) in [6.07, 6.45) is 1.66. The molecule has 0 aliphatic carbocycles. The van der Waals surface area contributed by atoms with E-state index in [9.17, 15) is 13.9 Å². The first-order valence-electron chi connectivity index (χ1n) is 5.86. The molecule has 1 heterocycles. The lowest BCUT2D eigenvalue weighted by atomic mass is 9.87. The minimum absolute atomic E-state index is 0.0125. The van der Waals surface area contributed by atoms with E-state index in [0.717, 1.165) is 6.20 Å². The number of hydrogen-bond acceptors (Lipinski definition) is 3. The van der Waals surface area contributed by atoms with Crippen LogP contribution in [0.1, 0.15) is 17.0 Å². The second-order valence-corrected chi connectivity index (χ2v) is 4.27. The molecule has 5 heteroatoms. The van der Waals surface area contributed by atoms with Gasteiger partial charge in [0, 0.05) is 18.7 Å². The summed E-state index contributed by atoms with van der Waals surface area (Å²) in [4.78, 5) is 3.76. The van der Waals surface area contributed by atoms with E-state index in [2.05, 4.69) is 4.98 Å². The Kier molecular flexibility index (Phi) is 4.19. The van der Waals surface area contributed by atoms with Gasteiger partial charge >= 0.3 is 0 Å². The van der Waals surface area contributed by atoms with Crippen molar-refractivity contribution in [3.8, 4) is 0 Å². The van der Waals surface area contributed by atoms with Crippen LogP contribution in [-0.4, -0.2) is 22.7 Å². The zero-order valence-electron chi connectivity index (χ0n) is 10.1. The van der Waals surface area contributed by atoms with Crippen LogP contribution in [0.15, 0.2) is 42.7 Å². The molecule has 1 aromatic carbocycles. The molecule has 2 rings (SSSR count). The minimum Gasteiger partial charge on any atom is -0.391 e. The molecule has 1 aromatic heterocycles. The minimum atomic E-state index is -0.894. The summed E-state index contributed by atoms with van der Waals surface area (Å²) in [6, 6.07) is 6.96. The van der Waals surface area contributed by atoms with E-state index in [1.54, 1.807) is 12.1 Å². The van der Waals surface area contributed by atoms with Crippen molar-refractivity contribution in [2.75, 3.05) is 6.54 Å². The topological polar surface area (TPSA) is 59.1 Å². The highest BCUT2D eigenvalue weighted by Crippen LogP contribution is 2.28. The van der Waals surface area contributed by atoms with E-state index in [-0.39, 0.29) is 12.4 Å². The van der Waals surface area contributed by atoms with Gasteiger partial charge in [0.25, 0.3) is 0 Å². The van der Waals surface area contributed by atoms with E-state index in [1.807, 2.05) is 0 Å². The number of benzene rings is 1. The van der Waals surface area contributed by atoms with Crippen LogP contribution in [-0.2, 0) is 0 Å². The van der Waals surface area contributed by atoms with Crippen LogP contribution in [0.3, 0.4) is 0 Å². The lowest BCUT2D eigenvalue weighted by Crippen LogP contribution is -2.28. The van der Waals surface area contributed by atoms with Gasteiger partial charge in [-0.3, -0.25) is 4.98 Å². The van der Waals surface area contributed by atoms with Crippen LogP contribution >= 0.6 is 0 Å². The Morgan fingerprint density at radius 1 is 1.05 bits per heavy atom. The molecule has 0 radical (unpaired) electrons. The van der Waals surface area contributed by atoms with Gasteiger partial charge in [0.1, 0.15) is 11.6 Å². The predicted molar refractivity (Wildman–Crippen MR) is 67.5 cm³/mol. The van der Waals surface area contributed by atoms with Gasteiger partial charge in [-0.2, -0.15) is 0 Å². The van der Waals surface area contributed by atoms with Crippen molar-refractivity contribution in [1.82, 2.24) is 4.98 Å². The SMILES string of the molecule is NC[C@H](O)[C@H](c1ccc(F)cc1)c1cncc(F)c1. The van der Waals surface area contributed by atoms with Crippen LogP contribution in [0.4, 0.5) is 8.78 Å². The first-order valence-corrected chi connectivity index (χ1v) is 5.86. The molecule has 0 saturated carbocycles. The highest BCUT2D eigenvalue weighted by atomic mass is 19.1. The van der Waals surface area contributed by atoms with Crippen molar-refractivity contribution in [3.63, 3.8) is 0 Å². The van der Waals surface area contributed by atoms with Crippen LogP contribution in [0, 0.1) is 11.6 Å². The van der Waals surface area contributed by atoms with Gasteiger partial charge in [-0.1, -0.05) is 12.1 Å². The van der Waals surface area contributed by atoms with Gasteiger partial charge in [0.2, 0.25) is 0 Å². The third-order valence-corrected chi connectivity index (χ3v) is 2.94. The van der Waals surface area contributed by atoms with Gasteiger partial charge in [-0.05, 0) is 29.3 Å². The zero-order valence-corrected chi connectivity index (χ0v) is 10.1. The average Bonchev–Trinajstić information content (AvgIpc) is 2.41. The fraction of sp³-hybridized carbons (Fsp3) is 0.214. The number of halogens is 2. The normalized spacial score (nSPS) is 14.1. The molecule has 2 aromatic rings. The van der Waals surface area contributed by atoms with Gasteiger partial charge < -0.3 is 10.8 Å². The molecule has 0 fully saturated rings. The Morgan fingerprint density at radius 2 is 1.74 bits per heavy atom. The third kappa shape index (κ3) is 3.13. The first-order chi connectivity index (χ1) is 9.11. The summed E-state index contributed by atoms with van der Waals surface area (Å²) in [5, 5.41) is 10.0. The number of pyridine rings is 1. The Hall–Kier alpha value is -1.85. The van der Waals surface area contributed by atoms with Crippen molar-refractivity contribution in [1.29, 1.82) is 0 Å². The maximum atomic E-state index is 13.2. The number of nitrogens with zero attached hydrogens (tertiary/aromatic N) is 1. The number of aliphatic hydroxyl groups excluding tert-OH is 1. The standard InChI is InChI=1S/C14H14F2N2O/c15-11-3-1-9(2-4-11)14(13(19)6-17)10-5-12(16)8-18-7-10/h1-5,7-8,13-14,19H,6,17H2/t13-,14+/m0/s1. The molecule has 100 valence electrons. The number of hydrogen-bond donors (Lipinski definition) is 2. The summed E-state index contributed by atoms with van der Waals surface area (Å²) < 4.78 is 26.2. The molecule has 2 atom stereocenters. The monoisotopic (exact) mass is 264 g/mol. The second kappa shape index (κ2) is 5.86. The lowest BCUT2D eigenvalue weighted by Gasteiger charge is -2.22. The van der Waals surface area contributed by atoms with E-state index >= 15 is 0 Å². The summed E-state index contributed by atoms with van der Waals surface area (Å²) in [6.45, 7) is 0.0125. The Morgan fingerprint density at radius 3 is 2.32 bits per heavy atom. The highest BCUT2D eigenvalue weighted by molar-refractivity contribution is 5.32. The van der Waals surface area contributed by atoms with Crippen molar-refractivity contribution >= 4 is 0 Å². The molecule has 19 heavy (non-hydrogen) atoms. The van der Waals surface area contributed by atoms with Gasteiger partial charge in [0.05, 0.1) is 12.3 Å². The molecular weight excluding hydrogens is 250 g/mol. The molecule has 0 aliphatic rings. The predicted octanol–water partition coefficient (Wildman–Crippen LogP) is 1.81. The van der Waals surface area contributed by atoms with E-state index in [0.29, 0.717) is 11.1 Å². The lowest BCUT2D eigenvalue weighted by molar-refractivity contribution is 0.164. The van der Waals surface area contributed by atoms with Crippen molar-refractivity contribution in [3.05, 3.63) is 65.5 Å². The molecule has 0 saturated heterocycles. The fourth-order valence-corrected chi connectivity index (χ4v) is 2.04. The maximum absolute atomic E-state index is 13.2. The number of nitrogens with two attached hydrogens (primary N) is 1. The third-order valence-electron chi connectivity index (χ3n) is 2.94. The van der Waals surface area contributed by atoms with Crippen LogP contribution in [0.5, 0.6) is 0 Å². The summed E-state index contributed by atoms with van der Waals surface area (Å²) in [5.74, 6) is -1.40. The Bertz CT molecular complexity index is 545. The van der Waals surface area contributed by atoms with E-state index < -0.39 is 17.8 Å². The highest BCUT2D eigenvalue weighted by Gasteiger charge is 2.22. The van der Waals surface area contributed by atoms with E-state index in [1.165, 1.54) is 24.4 Å². The number of aromatic nitrogens is 1. The molecule has 0 unspecified atom stereocenters. The first kappa shape index (κ1) is 13.6. The van der Waals surface area contributed by atoms with Crippen LogP contribution in [0.25, 0.3) is 0 Å². The smallest absolute Gasteiger partial charge is 0.141 e. The molecule has 0 aliphatic heterocycles. The van der Waals surface area contributed by atoms with Crippen molar-refractivity contribution in [2.45, 2.75) is 12.0 Å². The summed E-state index contributed by atoms with van der Waals surface area (Å²) in [5.41, 5.74) is 6.64. The molecule has 3 N–H and O–H groups in total. The summed E-state index contributed by atoms with van der Waals surface area (Å²) in [7, 11) is 0. The maximum Gasteiger partial charge on any atom is 0.141 e. The fourth-order valence-electron chi connectivity index (χ4n) is 2.04. The Labute approximate surface area is 109 Å². The molecule has 0 amide bonds. The number of rotatable bonds is 4. The Balaban J connectivity index is 2.44. The average molecular weight is 264 g/mol. The van der Waals surface area contributed by atoms with Crippen LogP contribution < -0.4 is 5.73 Å². The van der Waals surface area contributed by atoms with Crippen LogP contribution in [0.2, 0.25) is 0 Å². The molecular formula is C14H14F2N2O. The largest absolute Gasteiger partial charge is 0.391 e. The summed E-state index contributed by atoms with van der Waals surface area (Å²) >= 11 is 0. The number of aliphatic hydroxyl groups is 1.